The first-order chi connectivity index (χ1) is 8.55. The highest BCUT2D eigenvalue weighted by Crippen LogP contribution is 2.29. The second-order valence-corrected chi connectivity index (χ2v) is 5.17. The van der Waals surface area contributed by atoms with Gasteiger partial charge in [-0.15, -0.1) is 0 Å². The maximum Gasteiger partial charge on any atom is 0.119 e. The third-order valence-corrected chi connectivity index (χ3v) is 2.98. The first kappa shape index (κ1) is 15.0. The summed E-state index contributed by atoms with van der Waals surface area (Å²) in [5.41, 5.74) is 1.26. The minimum atomic E-state index is 0.0284. The van der Waals surface area contributed by atoms with Gasteiger partial charge in [0.15, 0.2) is 0 Å². The third kappa shape index (κ3) is 4.69. The molecule has 18 heavy (non-hydrogen) atoms. The summed E-state index contributed by atoms with van der Waals surface area (Å²) in [5, 5.41) is 0. The lowest BCUT2D eigenvalue weighted by atomic mass is 10.1. The first-order valence-corrected chi connectivity index (χ1v) is 6.92. The minimum Gasteiger partial charge on any atom is -0.491 e. The molecule has 0 amide bonds. The molecule has 0 bridgehead atoms. The van der Waals surface area contributed by atoms with E-state index in [0.29, 0.717) is 6.61 Å². The van der Waals surface area contributed by atoms with Gasteiger partial charge in [-0.3, -0.25) is 0 Å². The third-order valence-electron chi connectivity index (χ3n) is 2.98. The number of benzene rings is 1. The lowest BCUT2D eigenvalue weighted by Crippen LogP contribution is -2.23. The molecule has 1 heterocycles. The highest BCUT2D eigenvalue weighted by atomic mass is 16.6. The van der Waals surface area contributed by atoms with Crippen LogP contribution in [0.3, 0.4) is 0 Å². The van der Waals surface area contributed by atoms with E-state index in [2.05, 4.69) is 32.9 Å². The molecule has 1 fully saturated rings. The van der Waals surface area contributed by atoms with Gasteiger partial charge in [0.25, 0.3) is 0 Å². The highest BCUT2D eigenvalue weighted by Gasteiger charge is 2.31. The Morgan fingerprint density at radius 1 is 1.33 bits per heavy atom. The van der Waals surface area contributed by atoms with E-state index in [9.17, 15) is 0 Å². The molecule has 2 heteroatoms. The molecule has 1 aliphatic rings. The number of ether oxygens (including phenoxy) is 2. The van der Waals surface area contributed by atoms with Crippen LogP contribution in [0, 0.1) is 6.92 Å². The molecule has 1 aliphatic heterocycles. The topological polar surface area (TPSA) is 18.5 Å². The summed E-state index contributed by atoms with van der Waals surface area (Å²) >= 11 is 0. The molecule has 0 radical (unpaired) electrons. The summed E-state index contributed by atoms with van der Waals surface area (Å²) in [7, 11) is 0. The van der Waals surface area contributed by atoms with Crippen molar-refractivity contribution < 1.29 is 9.47 Å². The van der Waals surface area contributed by atoms with Crippen molar-refractivity contribution in [2.24, 2.45) is 0 Å². The Kier molecular flexibility index (Phi) is 5.67. The van der Waals surface area contributed by atoms with E-state index in [1.807, 2.05) is 26.0 Å². The van der Waals surface area contributed by atoms with Gasteiger partial charge in [0, 0.05) is 0 Å². The fourth-order valence-electron chi connectivity index (χ4n) is 2.09. The van der Waals surface area contributed by atoms with Crippen molar-refractivity contribution in [3.8, 4) is 5.75 Å². The van der Waals surface area contributed by atoms with Crippen molar-refractivity contribution in [2.75, 3.05) is 6.61 Å². The van der Waals surface area contributed by atoms with Gasteiger partial charge in [0.05, 0.1) is 11.7 Å². The summed E-state index contributed by atoms with van der Waals surface area (Å²) in [6.07, 6.45) is 2.46. The predicted octanol–water partition coefficient (Wildman–Crippen LogP) is 4.36. The van der Waals surface area contributed by atoms with Crippen molar-refractivity contribution >= 4 is 0 Å². The van der Waals surface area contributed by atoms with Gasteiger partial charge in [-0.2, -0.15) is 0 Å². The number of rotatable bonds is 3. The van der Waals surface area contributed by atoms with E-state index >= 15 is 0 Å². The van der Waals surface area contributed by atoms with E-state index < -0.39 is 0 Å². The van der Waals surface area contributed by atoms with Gasteiger partial charge in [-0.05, 0) is 51.3 Å². The smallest absolute Gasteiger partial charge is 0.119 e. The second-order valence-electron chi connectivity index (χ2n) is 5.17. The van der Waals surface area contributed by atoms with Crippen molar-refractivity contribution in [2.45, 2.75) is 59.2 Å². The van der Waals surface area contributed by atoms with Crippen LogP contribution >= 0.6 is 0 Å². The lowest BCUT2D eigenvalue weighted by molar-refractivity contribution is -0.0326. The van der Waals surface area contributed by atoms with Crippen molar-refractivity contribution in [1.29, 1.82) is 0 Å². The Hall–Kier alpha value is -1.02. The number of hydrogen-bond acceptors (Lipinski definition) is 2. The summed E-state index contributed by atoms with van der Waals surface area (Å²) < 4.78 is 11.6. The SMILES string of the molecule is CC.Cc1cccc(OCC2CCC(C)(C)O2)c1. The lowest BCUT2D eigenvalue weighted by Gasteiger charge is -2.19. The van der Waals surface area contributed by atoms with Crippen LogP contribution in [-0.4, -0.2) is 18.3 Å². The summed E-state index contributed by atoms with van der Waals surface area (Å²) in [5.74, 6) is 0.938. The average Bonchev–Trinajstić information content (AvgIpc) is 2.69. The van der Waals surface area contributed by atoms with Crippen LogP contribution in [0.1, 0.15) is 46.1 Å². The fraction of sp³-hybridized carbons (Fsp3) is 0.625. The second kappa shape index (κ2) is 6.79. The van der Waals surface area contributed by atoms with Crippen molar-refractivity contribution in [3.63, 3.8) is 0 Å². The Morgan fingerprint density at radius 2 is 2.06 bits per heavy atom. The van der Waals surface area contributed by atoms with Crippen LogP contribution in [-0.2, 0) is 4.74 Å². The van der Waals surface area contributed by atoms with E-state index in [4.69, 9.17) is 9.47 Å². The fourth-order valence-corrected chi connectivity index (χ4v) is 2.09. The molecule has 2 nitrogen and oxygen atoms in total. The largest absolute Gasteiger partial charge is 0.491 e. The van der Waals surface area contributed by atoms with Crippen molar-refractivity contribution in [1.82, 2.24) is 0 Å². The van der Waals surface area contributed by atoms with Crippen molar-refractivity contribution in [3.05, 3.63) is 29.8 Å². The molecule has 0 saturated carbocycles. The summed E-state index contributed by atoms with van der Waals surface area (Å²) in [6, 6.07) is 8.14. The van der Waals surface area contributed by atoms with Crippen LogP contribution in [0.4, 0.5) is 0 Å². The van der Waals surface area contributed by atoms with Gasteiger partial charge in [-0.25, -0.2) is 0 Å². The van der Waals surface area contributed by atoms with Gasteiger partial charge in [0.2, 0.25) is 0 Å². The number of aryl methyl sites for hydroxylation is 1. The zero-order valence-corrected chi connectivity index (χ0v) is 12.3. The average molecular weight is 250 g/mol. The quantitative estimate of drug-likeness (QED) is 0.793. The molecule has 102 valence electrons. The monoisotopic (exact) mass is 250 g/mol. The van der Waals surface area contributed by atoms with E-state index in [1.54, 1.807) is 0 Å². The van der Waals surface area contributed by atoms with Gasteiger partial charge in [0.1, 0.15) is 12.4 Å². The minimum absolute atomic E-state index is 0.0284. The van der Waals surface area contributed by atoms with E-state index in [-0.39, 0.29) is 11.7 Å². The molecule has 0 aliphatic carbocycles. The molecule has 0 spiro atoms. The van der Waals surface area contributed by atoms with E-state index in [1.165, 1.54) is 5.56 Å². The Labute approximate surface area is 111 Å². The Bertz CT molecular complexity index is 358. The Balaban J connectivity index is 0.000000771. The molecular formula is C16H26O2. The molecule has 0 aromatic heterocycles. The van der Waals surface area contributed by atoms with E-state index in [0.717, 1.165) is 18.6 Å². The van der Waals surface area contributed by atoms with Crippen LogP contribution in [0.25, 0.3) is 0 Å². The molecule has 1 aromatic rings. The summed E-state index contributed by atoms with van der Waals surface area (Å²) in [6.45, 7) is 11.0. The number of hydrogen-bond donors (Lipinski definition) is 0. The van der Waals surface area contributed by atoms with Crippen LogP contribution in [0.15, 0.2) is 24.3 Å². The van der Waals surface area contributed by atoms with Gasteiger partial charge >= 0.3 is 0 Å². The van der Waals surface area contributed by atoms with Gasteiger partial charge in [-0.1, -0.05) is 26.0 Å². The molecule has 1 aromatic carbocycles. The maximum atomic E-state index is 5.88. The summed E-state index contributed by atoms with van der Waals surface area (Å²) in [4.78, 5) is 0. The Morgan fingerprint density at radius 3 is 2.61 bits per heavy atom. The molecular weight excluding hydrogens is 224 g/mol. The molecule has 1 unspecified atom stereocenters. The zero-order valence-electron chi connectivity index (χ0n) is 12.3. The predicted molar refractivity (Wildman–Crippen MR) is 76.2 cm³/mol. The molecule has 2 rings (SSSR count). The van der Waals surface area contributed by atoms with Crippen LogP contribution in [0.2, 0.25) is 0 Å². The first-order valence-electron chi connectivity index (χ1n) is 6.92. The highest BCUT2D eigenvalue weighted by molar-refractivity contribution is 5.27. The van der Waals surface area contributed by atoms with Crippen LogP contribution in [0.5, 0.6) is 5.75 Å². The van der Waals surface area contributed by atoms with Gasteiger partial charge < -0.3 is 9.47 Å². The molecule has 1 atom stereocenters. The normalized spacial score (nSPS) is 21.1. The van der Waals surface area contributed by atoms with Crippen LogP contribution < -0.4 is 4.74 Å². The molecule has 0 N–H and O–H groups in total. The maximum absolute atomic E-state index is 5.88. The standard InChI is InChI=1S/C14H20O2.C2H6/c1-11-5-4-6-12(9-11)15-10-13-7-8-14(2,3)16-13;1-2/h4-6,9,13H,7-8,10H2,1-3H3;1-2H3. The molecule has 1 saturated heterocycles. The zero-order chi connectivity index (χ0) is 13.6.